The average molecular weight is 343 g/mol. The molecule has 0 fully saturated rings. The number of carbonyl (C=O) groups excluding carboxylic acids is 1. The monoisotopic (exact) mass is 343 g/mol. The summed E-state index contributed by atoms with van der Waals surface area (Å²) in [6, 6.07) is 11.7. The lowest BCUT2D eigenvalue weighted by Crippen LogP contribution is -2.39. The van der Waals surface area contributed by atoms with E-state index in [-0.39, 0.29) is 12.6 Å². The van der Waals surface area contributed by atoms with Crippen molar-refractivity contribution in [2.75, 3.05) is 26.2 Å². The highest BCUT2D eigenvalue weighted by Crippen LogP contribution is 2.18. The first-order valence-corrected chi connectivity index (χ1v) is 8.74. The van der Waals surface area contributed by atoms with E-state index in [2.05, 4.69) is 39.8 Å². The van der Waals surface area contributed by atoms with E-state index < -0.39 is 6.10 Å². The number of amides is 2. The minimum absolute atomic E-state index is 0.127. The number of aliphatic hydroxyl groups excluding tert-OH is 1. The van der Waals surface area contributed by atoms with Crippen molar-refractivity contribution in [3.05, 3.63) is 59.5 Å². The second-order valence-electron chi connectivity index (χ2n) is 6.32. The summed E-state index contributed by atoms with van der Waals surface area (Å²) in [6.07, 6.45) is 2.66. The maximum absolute atomic E-state index is 11.8. The van der Waals surface area contributed by atoms with E-state index in [0.29, 0.717) is 12.3 Å². The Balaban J connectivity index is 1.29. The van der Waals surface area contributed by atoms with E-state index in [0.717, 1.165) is 32.5 Å². The number of furan rings is 1. The molecule has 1 aliphatic heterocycles. The first kappa shape index (κ1) is 17.5. The zero-order valence-corrected chi connectivity index (χ0v) is 14.3. The molecule has 2 amide bonds. The molecular formula is C19H25N3O3. The van der Waals surface area contributed by atoms with Crippen molar-refractivity contribution in [3.63, 3.8) is 0 Å². The van der Waals surface area contributed by atoms with E-state index in [4.69, 9.17) is 4.42 Å². The third-order valence-electron chi connectivity index (χ3n) is 4.47. The Hall–Kier alpha value is -2.31. The van der Waals surface area contributed by atoms with Gasteiger partial charge in [-0.15, -0.1) is 0 Å². The number of fused-ring (bicyclic) bond motifs is 1. The molecule has 2 heterocycles. The van der Waals surface area contributed by atoms with E-state index in [1.165, 1.54) is 17.4 Å². The Kier molecular flexibility index (Phi) is 6.09. The Morgan fingerprint density at radius 1 is 1.20 bits per heavy atom. The zero-order chi connectivity index (χ0) is 17.5. The van der Waals surface area contributed by atoms with Gasteiger partial charge in [0.2, 0.25) is 0 Å². The molecule has 1 aromatic carbocycles. The van der Waals surface area contributed by atoms with Crippen molar-refractivity contribution in [1.82, 2.24) is 15.5 Å². The lowest BCUT2D eigenvalue weighted by atomic mass is 10.00. The molecule has 0 radical (unpaired) electrons. The van der Waals surface area contributed by atoms with Crippen LogP contribution in [-0.2, 0) is 13.0 Å². The Morgan fingerprint density at radius 2 is 2.04 bits per heavy atom. The number of urea groups is 1. The number of rotatable bonds is 7. The number of hydrogen-bond donors (Lipinski definition) is 3. The average Bonchev–Trinajstić information content (AvgIpc) is 3.18. The Bertz CT molecular complexity index is 672. The molecule has 0 saturated carbocycles. The molecule has 3 rings (SSSR count). The van der Waals surface area contributed by atoms with Crippen LogP contribution in [-0.4, -0.2) is 42.2 Å². The van der Waals surface area contributed by atoms with E-state index in [1.54, 1.807) is 12.1 Å². The van der Waals surface area contributed by atoms with Crippen LogP contribution < -0.4 is 10.6 Å². The summed E-state index contributed by atoms with van der Waals surface area (Å²) in [4.78, 5) is 14.2. The summed E-state index contributed by atoms with van der Waals surface area (Å²) >= 11 is 0. The Morgan fingerprint density at radius 3 is 2.84 bits per heavy atom. The third-order valence-corrected chi connectivity index (χ3v) is 4.47. The zero-order valence-electron chi connectivity index (χ0n) is 14.3. The fraction of sp³-hybridized carbons (Fsp3) is 0.421. The van der Waals surface area contributed by atoms with Crippen molar-refractivity contribution in [1.29, 1.82) is 0 Å². The molecule has 25 heavy (non-hydrogen) atoms. The molecule has 2 aromatic rings. The van der Waals surface area contributed by atoms with Crippen LogP contribution in [0.15, 0.2) is 47.1 Å². The predicted molar refractivity (Wildman–Crippen MR) is 95.1 cm³/mol. The fourth-order valence-electron chi connectivity index (χ4n) is 3.08. The summed E-state index contributed by atoms with van der Waals surface area (Å²) in [7, 11) is 0. The van der Waals surface area contributed by atoms with Gasteiger partial charge in [0.15, 0.2) is 0 Å². The summed E-state index contributed by atoms with van der Waals surface area (Å²) in [5, 5.41) is 15.3. The van der Waals surface area contributed by atoms with Gasteiger partial charge in [0.05, 0.1) is 12.8 Å². The van der Waals surface area contributed by atoms with Crippen LogP contribution in [0.4, 0.5) is 4.79 Å². The molecule has 1 atom stereocenters. The largest absolute Gasteiger partial charge is 0.467 e. The second-order valence-corrected chi connectivity index (χ2v) is 6.32. The summed E-state index contributed by atoms with van der Waals surface area (Å²) < 4.78 is 5.09. The molecule has 0 saturated heterocycles. The van der Waals surface area contributed by atoms with Crippen LogP contribution in [0.1, 0.15) is 29.4 Å². The Labute approximate surface area is 147 Å². The van der Waals surface area contributed by atoms with Gasteiger partial charge in [0.25, 0.3) is 0 Å². The quantitative estimate of drug-likeness (QED) is 0.673. The highest BCUT2D eigenvalue weighted by molar-refractivity contribution is 5.73. The highest BCUT2D eigenvalue weighted by Gasteiger charge is 2.15. The van der Waals surface area contributed by atoms with Gasteiger partial charge < -0.3 is 20.2 Å². The smallest absolute Gasteiger partial charge is 0.314 e. The molecule has 6 nitrogen and oxygen atoms in total. The van der Waals surface area contributed by atoms with E-state index in [9.17, 15) is 9.90 Å². The van der Waals surface area contributed by atoms with Crippen molar-refractivity contribution in [3.8, 4) is 0 Å². The van der Waals surface area contributed by atoms with Crippen molar-refractivity contribution < 1.29 is 14.3 Å². The molecule has 3 N–H and O–H groups in total. The van der Waals surface area contributed by atoms with Gasteiger partial charge in [0, 0.05) is 26.2 Å². The van der Waals surface area contributed by atoms with Crippen LogP contribution in [0.25, 0.3) is 0 Å². The molecule has 1 aliphatic rings. The maximum atomic E-state index is 11.8. The summed E-state index contributed by atoms with van der Waals surface area (Å²) in [6.45, 7) is 3.75. The molecule has 0 aliphatic carbocycles. The fourth-order valence-corrected chi connectivity index (χ4v) is 3.08. The third kappa shape index (κ3) is 5.08. The van der Waals surface area contributed by atoms with Crippen molar-refractivity contribution >= 4 is 6.03 Å². The molecule has 0 bridgehead atoms. The minimum Gasteiger partial charge on any atom is -0.467 e. The van der Waals surface area contributed by atoms with Gasteiger partial charge in [-0.3, -0.25) is 4.90 Å². The first-order valence-electron chi connectivity index (χ1n) is 8.74. The SMILES string of the molecule is O=C(NCCCN1CCc2ccccc2C1)NCC(O)c1ccco1. The van der Waals surface area contributed by atoms with Gasteiger partial charge >= 0.3 is 6.03 Å². The normalized spacial score (nSPS) is 15.4. The first-order chi connectivity index (χ1) is 12.2. The number of nitrogens with one attached hydrogen (secondary N) is 2. The molecule has 1 unspecified atom stereocenters. The summed E-state index contributed by atoms with van der Waals surface area (Å²) in [5.74, 6) is 0.450. The van der Waals surface area contributed by atoms with Gasteiger partial charge in [-0.05, 0) is 36.1 Å². The molecule has 6 heteroatoms. The predicted octanol–water partition coefficient (Wildman–Crippen LogP) is 2.06. The molecule has 134 valence electrons. The van der Waals surface area contributed by atoms with Crippen LogP contribution in [0.2, 0.25) is 0 Å². The lowest BCUT2D eigenvalue weighted by Gasteiger charge is -2.28. The molecule has 1 aromatic heterocycles. The van der Waals surface area contributed by atoms with Crippen LogP contribution in [0, 0.1) is 0 Å². The van der Waals surface area contributed by atoms with E-state index >= 15 is 0 Å². The van der Waals surface area contributed by atoms with Gasteiger partial charge in [0.1, 0.15) is 11.9 Å². The van der Waals surface area contributed by atoms with Crippen LogP contribution >= 0.6 is 0 Å². The van der Waals surface area contributed by atoms with Gasteiger partial charge in [-0.25, -0.2) is 4.79 Å². The number of nitrogens with zero attached hydrogens (tertiary/aromatic N) is 1. The highest BCUT2D eigenvalue weighted by atomic mass is 16.4. The van der Waals surface area contributed by atoms with Crippen molar-refractivity contribution in [2.24, 2.45) is 0 Å². The van der Waals surface area contributed by atoms with Crippen LogP contribution in [0.3, 0.4) is 0 Å². The number of benzene rings is 1. The number of aliphatic hydroxyl groups is 1. The molecular weight excluding hydrogens is 318 g/mol. The number of carbonyl (C=O) groups is 1. The van der Waals surface area contributed by atoms with Crippen LogP contribution in [0.5, 0.6) is 0 Å². The lowest BCUT2D eigenvalue weighted by molar-refractivity contribution is 0.148. The van der Waals surface area contributed by atoms with E-state index in [1.807, 2.05) is 0 Å². The molecule has 0 spiro atoms. The summed E-state index contributed by atoms with van der Waals surface area (Å²) in [5.41, 5.74) is 2.86. The second kappa shape index (κ2) is 8.69. The number of hydrogen-bond acceptors (Lipinski definition) is 4. The van der Waals surface area contributed by atoms with Crippen molar-refractivity contribution in [2.45, 2.75) is 25.5 Å². The standard InChI is InChI=1S/C19H25N3O3/c23-17(18-7-3-12-25-18)13-21-19(24)20-9-4-10-22-11-8-15-5-1-2-6-16(15)14-22/h1-3,5-7,12,17,23H,4,8-11,13-14H2,(H2,20,21,24). The minimum atomic E-state index is -0.825. The maximum Gasteiger partial charge on any atom is 0.314 e. The topological polar surface area (TPSA) is 77.7 Å². The van der Waals surface area contributed by atoms with Gasteiger partial charge in [-0.2, -0.15) is 0 Å². The van der Waals surface area contributed by atoms with Gasteiger partial charge in [-0.1, -0.05) is 24.3 Å².